The molecule has 0 amide bonds. The topological polar surface area (TPSA) is 112 Å². The van der Waals surface area contributed by atoms with Gasteiger partial charge >= 0.3 is 5.97 Å². The summed E-state index contributed by atoms with van der Waals surface area (Å²) in [5.41, 5.74) is 2.76. The van der Waals surface area contributed by atoms with Crippen LogP contribution in [0.25, 0.3) is 6.08 Å². The Morgan fingerprint density at radius 1 is 1.00 bits per heavy atom. The van der Waals surface area contributed by atoms with E-state index in [2.05, 4.69) is 11.1 Å². The van der Waals surface area contributed by atoms with E-state index < -0.39 is 12.0 Å². The Balaban J connectivity index is 1.56. The molecule has 10 heteroatoms. The Kier molecular flexibility index (Phi) is 9.03. The maximum absolute atomic E-state index is 14.0. The summed E-state index contributed by atoms with van der Waals surface area (Å²) in [7, 11) is 1.30. The number of para-hydroxylation sites is 1. The minimum absolute atomic E-state index is 0.221. The van der Waals surface area contributed by atoms with Gasteiger partial charge in [-0.2, -0.15) is 5.26 Å². The Bertz CT molecular complexity index is 1900. The molecule has 0 spiro atoms. The van der Waals surface area contributed by atoms with Crippen LogP contribution in [0.2, 0.25) is 0 Å². The molecule has 218 valence electrons. The zero-order valence-electron chi connectivity index (χ0n) is 23.9. The largest absolute Gasteiger partial charge is 0.490 e. The van der Waals surface area contributed by atoms with E-state index in [0.29, 0.717) is 63.1 Å². The summed E-state index contributed by atoms with van der Waals surface area (Å²) in [6, 6.07) is 21.3. The molecular formula is C33H29N3O6S. The third kappa shape index (κ3) is 6.22. The van der Waals surface area contributed by atoms with Gasteiger partial charge in [0.25, 0.3) is 5.56 Å². The Morgan fingerprint density at radius 2 is 1.74 bits per heavy atom. The number of carbonyl (C=O) groups excluding carboxylic acids is 1. The van der Waals surface area contributed by atoms with Crippen LogP contribution >= 0.6 is 11.3 Å². The van der Waals surface area contributed by atoms with Crippen molar-refractivity contribution in [3.05, 3.63) is 120 Å². The van der Waals surface area contributed by atoms with E-state index >= 15 is 0 Å². The first-order valence-corrected chi connectivity index (χ1v) is 14.5. The molecule has 0 aliphatic carbocycles. The third-order valence-corrected chi connectivity index (χ3v) is 7.69. The minimum Gasteiger partial charge on any atom is -0.490 e. The van der Waals surface area contributed by atoms with E-state index in [1.807, 2.05) is 56.3 Å². The average molecular weight is 596 g/mol. The number of nitriles is 1. The fourth-order valence-electron chi connectivity index (χ4n) is 4.70. The van der Waals surface area contributed by atoms with Crippen molar-refractivity contribution in [3.63, 3.8) is 0 Å². The second-order valence-electron chi connectivity index (χ2n) is 9.38. The van der Waals surface area contributed by atoms with Gasteiger partial charge in [-0.25, -0.2) is 9.79 Å². The van der Waals surface area contributed by atoms with E-state index in [-0.39, 0.29) is 11.1 Å². The zero-order valence-corrected chi connectivity index (χ0v) is 24.7. The van der Waals surface area contributed by atoms with Gasteiger partial charge in [0.05, 0.1) is 48.1 Å². The first-order chi connectivity index (χ1) is 21.0. The molecule has 1 aromatic heterocycles. The number of aromatic nitrogens is 1. The molecule has 3 aromatic carbocycles. The number of benzene rings is 3. The molecule has 4 aromatic rings. The molecule has 5 rings (SSSR count). The Labute approximate surface area is 252 Å². The molecule has 9 nitrogen and oxygen atoms in total. The predicted octanol–water partition coefficient (Wildman–Crippen LogP) is 4.27. The highest BCUT2D eigenvalue weighted by Crippen LogP contribution is 2.35. The molecule has 1 aliphatic heterocycles. The smallest absolute Gasteiger partial charge is 0.337 e. The van der Waals surface area contributed by atoms with Crippen LogP contribution < -0.4 is 29.1 Å². The van der Waals surface area contributed by atoms with Gasteiger partial charge in [0.1, 0.15) is 12.4 Å². The fourth-order valence-corrected chi connectivity index (χ4v) is 5.66. The molecule has 0 saturated carbocycles. The van der Waals surface area contributed by atoms with Gasteiger partial charge in [0.2, 0.25) is 0 Å². The average Bonchev–Trinajstić information content (AvgIpc) is 3.35. The lowest BCUT2D eigenvalue weighted by Crippen LogP contribution is -2.39. The van der Waals surface area contributed by atoms with Gasteiger partial charge in [-0.05, 0) is 61.4 Å². The van der Waals surface area contributed by atoms with Gasteiger partial charge in [0, 0.05) is 11.8 Å². The highest BCUT2D eigenvalue weighted by atomic mass is 32.1. The molecule has 1 aliphatic rings. The lowest BCUT2D eigenvalue weighted by atomic mass is 9.97. The van der Waals surface area contributed by atoms with Crippen LogP contribution in [-0.2, 0) is 16.1 Å². The highest BCUT2D eigenvalue weighted by Gasteiger charge is 2.31. The number of carbonyl (C=O) groups is 1. The van der Waals surface area contributed by atoms with Crippen LogP contribution in [0.1, 0.15) is 42.1 Å². The lowest BCUT2D eigenvalue weighted by Gasteiger charge is -2.23. The zero-order chi connectivity index (χ0) is 30.3. The molecule has 2 heterocycles. The molecule has 0 saturated heterocycles. The summed E-state index contributed by atoms with van der Waals surface area (Å²) >= 11 is 1.22. The SMILES string of the molecule is CCOc1ccc([C@H]2C(C(=O)OC)=CN=c3s/c(=C/c4ccccc4OCc4ccc(C#N)cc4)c(=O)n32)cc1OCC. The maximum atomic E-state index is 14.0. The minimum atomic E-state index is -0.788. The number of thiazole rings is 1. The molecule has 43 heavy (non-hydrogen) atoms. The molecule has 0 N–H and O–H groups in total. The van der Waals surface area contributed by atoms with Gasteiger partial charge in [-0.1, -0.05) is 47.7 Å². The Morgan fingerprint density at radius 3 is 2.47 bits per heavy atom. The van der Waals surface area contributed by atoms with Crippen LogP contribution in [0.4, 0.5) is 0 Å². The summed E-state index contributed by atoms with van der Waals surface area (Å²) in [4.78, 5) is 31.7. The number of methoxy groups -OCH3 is 1. The second-order valence-corrected chi connectivity index (χ2v) is 10.4. The standard InChI is InChI=1S/C33H29N3O6S/c1-4-40-27-15-14-24(16-28(27)41-5-2)30-25(32(38)39-3)19-35-33-36(30)31(37)29(43-33)17-23-8-6-7-9-26(23)42-20-22-12-10-21(18-34)11-13-22/h6-17,19,30H,4-5,20H2,1-3H3/b29-17+/t30-/m0/s1. The van der Waals surface area contributed by atoms with Crippen LogP contribution in [0.15, 0.2) is 88.3 Å². The fraction of sp³-hybridized carbons (Fsp3) is 0.212. The van der Waals surface area contributed by atoms with Crippen molar-refractivity contribution in [2.24, 2.45) is 4.99 Å². The summed E-state index contributed by atoms with van der Waals surface area (Å²) in [6.07, 6.45) is 3.22. The van der Waals surface area contributed by atoms with E-state index in [0.717, 1.165) is 5.56 Å². The van der Waals surface area contributed by atoms with Gasteiger partial charge in [-0.3, -0.25) is 9.36 Å². The van der Waals surface area contributed by atoms with Crippen molar-refractivity contribution in [2.75, 3.05) is 20.3 Å². The summed E-state index contributed by atoms with van der Waals surface area (Å²) in [5.74, 6) is 1.09. The lowest BCUT2D eigenvalue weighted by molar-refractivity contribution is -0.136. The van der Waals surface area contributed by atoms with Crippen LogP contribution in [0, 0.1) is 11.3 Å². The molecule has 0 unspecified atom stereocenters. The third-order valence-electron chi connectivity index (χ3n) is 6.69. The number of rotatable bonds is 10. The van der Waals surface area contributed by atoms with Crippen molar-refractivity contribution in [1.82, 2.24) is 4.57 Å². The monoisotopic (exact) mass is 595 g/mol. The van der Waals surface area contributed by atoms with Crippen molar-refractivity contribution in [2.45, 2.75) is 26.5 Å². The summed E-state index contributed by atoms with van der Waals surface area (Å²) in [6.45, 7) is 4.92. The Hall–Kier alpha value is -5.14. The molecule has 1 atom stereocenters. The second kappa shape index (κ2) is 13.2. The number of hydrogen-bond donors (Lipinski definition) is 0. The van der Waals surface area contributed by atoms with Crippen molar-refractivity contribution >= 4 is 23.4 Å². The first-order valence-electron chi connectivity index (χ1n) is 13.7. The van der Waals surface area contributed by atoms with Gasteiger partial charge in [0.15, 0.2) is 16.3 Å². The van der Waals surface area contributed by atoms with E-state index in [1.54, 1.807) is 30.3 Å². The highest BCUT2D eigenvalue weighted by molar-refractivity contribution is 7.07. The van der Waals surface area contributed by atoms with Crippen molar-refractivity contribution in [3.8, 4) is 23.3 Å². The summed E-state index contributed by atoms with van der Waals surface area (Å²) in [5, 5.41) is 9.04. The number of ether oxygens (including phenoxy) is 4. The number of fused-ring (bicyclic) bond motifs is 1. The van der Waals surface area contributed by atoms with E-state index in [1.165, 1.54) is 29.2 Å². The van der Waals surface area contributed by atoms with Gasteiger partial charge in [-0.15, -0.1) is 0 Å². The quantitative estimate of drug-likeness (QED) is 0.252. The predicted molar refractivity (Wildman–Crippen MR) is 162 cm³/mol. The van der Waals surface area contributed by atoms with Gasteiger partial charge < -0.3 is 18.9 Å². The molecule has 0 radical (unpaired) electrons. The maximum Gasteiger partial charge on any atom is 0.337 e. The number of nitrogens with zero attached hydrogens (tertiary/aromatic N) is 3. The molecular weight excluding hydrogens is 566 g/mol. The summed E-state index contributed by atoms with van der Waals surface area (Å²) < 4.78 is 24.6. The van der Waals surface area contributed by atoms with Crippen molar-refractivity contribution < 1.29 is 23.7 Å². The van der Waals surface area contributed by atoms with E-state index in [4.69, 9.17) is 24.2 Å². The van der Waals surface area contributed by atoms with E-state index in [9.17, 15) is 9.59 Å². The molecule has 0 fully saturated rings. The first kappa shape index (κ1) is 29.4. The normalized spacial score (nSPS) is 14.1. The van der Waals surface area contributed by atoms with Crippen LogP contribution in [0.3, 0.4) is 0 Å². The number of esters is 1. The number of hydrogen-bond acceptors (Lipinski definition) is 9. The van der Waals surface area contributed by atoms with Crippen LogP contribution in [0.5, 0.6) is 17.2 Å². The van der Waals surface area contributed by atoms with Crippen LogP contribution in [-0.4, -0.2) is 30.9 Å². The molecule has 0 bridgehead atoms. The van der Waals surface area contributed by atoms with Crippen molar-refractivity contribution in [1.29, 1.82) is 5.26 Å².